The lowest BCUT2D eigenvalue weighted by Crippen LogP contribution is -2.43. The molecule has 134 valence electrons. The number of carbonyl (C=O) groups is 1. The van der Waals surface area contributed by atoms with Gasteiger partial charge in [-0.3, -0.25) is 4.79 Å². The quantitative estimate of drug-likeness (QED) is 0.730. The normalized spacial score (nSPS) is 16.4. The van der Waals surface area contributed by atoms with Gasteiger partial charge in [0.05, 0.1) is 5.71 Å². The maximum absolute atomic E-state index is 12.2. The Balaban J connectivity index is 1.50. The van der Waals surface area contributed by atoms with E-state index in [0.717, 1.165) is 22.5 Å². The highest BCUT2D eigenvalue weighted by Crippen LogP contribution is 2.21. The first-order valence-corrected chi connectivity index (χ1v) is 9.04. The number of nitrogens with one attached hydrogen (secondary N) is 2. The average molecular weight is 355 g/mol. The van der Waals surface area contributed by atoms with Gasteiger partial charge in [-0.1, -0.05) is 72.3 Å². The molecule has 3 aromatic rings. The van der Waals surface area contributed by atoms with Crippen LogP contribution in [0.3, 0.4) is 0 Å². The van der Waals surface area contributed by atoms with E-state index in [1.165, 1.54) is 11.1 Å². The molecule has 4 heteroatoms. The maximum atomic E-state index is 12.2. The summed E-state index contributed by atoms with van der Waals surface area (Å²) < 4.78 is 0. The molecular formula is C23H21N3O. The molecule has 27 heavy (non-hydrogen) atoms. The summed E-state index contributed by atoms with van der Waals surface area (Å²) in [6, 6.07) is 26.3. The molecule has 0 bridgehead atoms. The molecular weight excluding hydrogens is 334 g/mol. The van der Waals surface area contributed by atoms with E-state index in [-0.39, 0.29) is 11.9 Å². The van der Waals surface area contributed by atoms with Crippen molar-refractivity contribution in [1.82, 2.24) is 5.43 Å². The van der Waals surface area contributed by atoms with Crippen molar-refractivity contribution in [1.29, 1.82) is 0 Å². The van der Waals surface area contributed by atoms with Crippen LogP contribution in [0.2, 0.25) is 0 Å². The summed E-state index contributed by atoms with van der Waals surface area (Å²) in [5.74, 6) is -0.111. The SMILES string of the molecule is Cc1ccc(NC2CC(c3ccc(-c4ccccc4)cc3)=NNC2=O)cc1. The third-order valence-electron chi connectivity index (χ3n) is 4.73. The van der Waals surface area contributed by atoms with E-state index >= 15 is 0 Å². The molecule has 1 aliphatic rings. The van der Waals surface area contributed by atoms with Crippen molar-refractivity contribution >= 4 is 17.3 Å². The predicted molar refractivity (Wildman–Crippen MR) is 110 cm³/mol. The van der Waals surface area contributed by atoms with Crippen molar-refractivity contribution < 1.29 is 4.79 Å². The summed E-state index contributed by atoms with van der Waals surface area (Å²) in [6.07, 6.45) is 0.546. The summed E-state index contributed by atoms with van der Waals surface area (Å²) in [5, 5.41) is 7.57. The van der Waals surface area contributed by atoms with E-state index in [0.29, 0.717) is 6.42 Å². The second-order valence-corrected chi connectivity index (χ2v) is 6.75. The highest BCUT2D eigenvalue weighted by Gasteiger charge is 2.25. The van der Waals surface area contributed by atoms with E-state index in [1.54, 1.807) is 0 Å². The molecule has 0 spiro atoms. The summed E-state index contributed by atoms with van der Waals surface area (Å²) >= 11 is 0. The van der Waals surface area contributed by atoms with Crippen LogP contribution in [-0.4, -0.2) is 17.7 Å². The van der Waals surface area contributed by atoms with Gasteiger partial charge in [0.25, 0.3) is 5.91 Å². The third kappa shape index (κ3) is 3.90. The van der Waals surface area contributed by atoms with Gasteiger partial charge in [0.15, 0.2) is 0 Å². The van der Waals surface area contributed by atoms with Crippen LogP contribution in [0, 0.1) is 6.92 Å². The van der Waals surface area contributed by atoms with Crippen molar-refractivity contribution in [2.45, 2.75) is 19.4 Å². The zero-order chi connectivity index (χ0) is 18.6. The lowest BCUT2D eigenvalue weighted by atomic mass is 9.98. The molecule has 1 aliphatic heterocycles. The molecule has 2 N–H and O–H groups in total. The van der Waals surface area contributed by atoms with E-state index < -0.39 is 0 Å². The van der Waals surface area contributed by atoms with E-state index in [4.69, 9.17) is 0 Å². The molecule has 0 radical (unpaired) electrons. The Kier molecular flexibility index (Phi) is 4.71. The highest BCUT2D eigenvalue weighted by atomic mass is 16.2. The molecule has 4 nitrogen and oxygen atoms in total. The van der Waals surface area contributed by atoms with Crippen LogP contribution in [0.1, 0.15) is 17.5 Å². The van der Waals surface area contributed by atoms with E-state index in [9.17, 15) is 4.79 Å². The van der Waals surface area contributed by atoms with Crippen molar-refractivity contribution in [3.05, 3.63) is 90.0 Å². The fraction of sp³-hybridized carbons (Fsp3) is 0.130. The molecule has 0 fully saturated rings. The first-order chi connectivity index (χ1) is 13.2. The van der Waals surface area contributed by atoms with Crippen LogP contribution in [-0.2, 0) is 4.79 Å². The number of carbonyl (C=O) groups excluding carboxylic acids is 1. The van der Waals surface area contributed by atoms with Gasteiger partial charge in [-0.15, -0.1) is 0 Å². The fourth-order valence-electron chi connectivity index (χ4n) is 3.17. The van der Waals surface area contributed by atoms with Gasteiger partial charge in [0.1, 0.15) is 6.04 Å². The Labute approximate surface area is 158 Å². The zero-order valence-electron chi connectivity index (χ0n) is 15.1. The second kappa shape index (κ2) is 7.46. The molecule has 3 aromatic carbocycles. The number of hydrazone groups is 1. The third-order valence-corrected chi connectivity index (χ3v) is 4.73. The van der Waals surface area contributed by atoms with Gasteiger partial charge in [0, 0.05) is 12.1 Å². The Morgan fingerprint density at radius 3 is 2.19 bits per heavy atom. The minimum absolute atomic E-state index is 0.111. The molecule has 1 atom stereocenters. The lowest BCUT2D eigenvalue weighted by Gasteiger charge is -2.23. The van der Waals surface area contributed by atoms with Crippen LogP contribution in [0.5, 0.6) is 0 Å². The van der Waals surface area contributed by atoms with Gasteiger partial charge < -0.3 is 5.32 Å². The number of nitrogens with zero attached hydrogens (tertiary/aromatic N) is 1. The van der Waals surface area contributed by atoms with E-state index in [2.05, 4.69) is 52.2 Å². The van der Waals surface area contributed by atoms with Gasteiger partial charge in [0.2, 0.25) is 0 Å². The van der Waals surface area contributed by atoms with Gasteiger partial charge in [-0.05, 0) is 35.7 Å². The van der Waals surface area contributed by atoms with Gasteiger partial charge in [-0.25, -0.2) is 5.43 Å². The number of aryl methyl sites for hydroxylation is 1. The van der Waals surface area contributed by atoms with Gasteiger partial charge >= 0.3 is 0 Å². The van der Waals surface area contributed by atoms with Crippen LogP contribution in [0.15, 0.2) is 84.0 Å². The summed E-state index contributed by atoms with van der Waals surface area (Å²) in [7, 11) is 0. The smallest absolute Gasteiger partial charge is 0.262 e. The molecule has 1 heterocycles. The lowest BCUT2D eigenvalue weighted by molar-refractivity contribution is -0.122. The van der Waals surface area contributed by atoms with Crippen molar-refractivity contribution in [3.63, 3.8) is 0 Å². The highest BCUT2D eigenvalue weighted by molar-refractivity contribution is 6.06. The number of anilines is 1. The molecule has 0 aliphatic carbocycles. The summed E-state index contributed by atoms with van der Waals surface area (Å²) in [4.78, 5) is 12.2. The number of rotatable bonds is 4. The fourth-order valence-corrected chi connectivity index (χ4v) is 3.17. The first-order valence-electron chi connectivity index (χ1n) is 9.04. The molecule has 0 saturated heterocycles. The minimum atomic E-state index is -0.339. The van der Waals surface area contributed by atoms with Crippen molar-refractivity contribution in [2.75, 3.05) is 5.32 Å². The van der Waals surface area contributed by atoms with Crippen LogP contribution >= 0.6 is 0 Å². The van der Waals surface area contributed by atoms with Crippen LogP contribution in [0.4, 0.5) is 5.69 Å². The standard InChI is InChI=1S/C23H21N3O/c1-16-7-13-20(14-8-16)24-22-15-21(25-26-23(22)27)19-11-9-18(10-12-19)17-5-3-2-4-6-17/h2-14,22,24H,15H2,1H3,(H,26,27). The number of hydrogen-bond acceptors (Lipinski definition) is 3. The predicted octanol–water partition coefficient (Wildman–Crippen LogP) is 4.37. The van der Waals surface area contributed by atoms with Crippen molar-refractivity contribution in [3.8, 4) is 11.1 Å². The molecule has 0 aromatic heterocycles. The Bertz CT molecular complexity index is 961. The average Bonchev–Trinajstić information content (AvgIpc) is 2.72. The molecule has 1 unspecified atom stereocenters. The summed E-state index contributed by atoms with van der Waals surface area (Å²) in [6.45, 7) is 2.04. The largest absolute Gasteiger partial charge is 0.373 e. The van der Waals surface area contributed by atoms with Crippen molar-refractivity contribution in [2.24, 2.45) is 5.10 Å². The zero-order valence-corrected chi connectivity index (χ0v) is 15.1. The molecule has 1 amide bonds. The Morgan fingerprint density at radius 1 is 0.852 bits per heavy atom. The Hall–Kier alpha value is -3.40. The number of hydrogen-bond donors (Lipinski definition) is 2. The monoisotopic (exact) mass is 355 g/mol. The summed E-state index contributed by atoms with van der Waals surface area (Å²) in [5.41, 5.74) is 9.00. The van der Waals surface area contributed by atoms with E-state index in [1.807, 2.05) is 49.4 Å². The first kappa shape index (κ1) is 17.0. The maximum Gasteiger partial charge on any atom is 0.262 e. The second-order valence-electron chi connectivity index (χ2n) is 6.75. The number of amides is 1. The van der Waals surface area contributed by atoms with Gasteiger partial charge in [-0.2, -0.15) is 5.10 Å². The topological polar surface area (TPSA) is 53.5 Å². The van der Waals surface area contributed by atoms with Crippen LogP contribution < -0.4 is 10.7 Å². The molecule has 4 rings (SSSR count). The number of benzene rings is 3. The Morgan fingerprint density at radius 2 is 1.48 bits per heavy atom. The molecule has 0 saturated carbocycles. The minimum Gasteiger partial charge on any atom is -0.373 e. The van der Waals surface area contributed by atoms with Crippen LogP contribution in [0.25, 0.3) is 11.1 Å².